The number of nitrogens with zero attached hydrogens (tertiary/aromatic N) is 2. The number of nitro groups is 1. The fourth-order valence-electron chi connectivity index (χ4n) is 2.27. The van der Waals surface area contributed by atoms with E-state index >= 15 is 0 Å². The van der Waals surface area contributed by atoms with Crippen molar-refractivity contribution in [3.63, 3.8) is 0 Å². The van der Waals surface area contributed by atoms with Crippen LogP contribution in [0.3, 0.4) is 0 Å². The molecule has 0 aliphatic heterocycles. The maximum atomic E-state index is 12.6. The summed E-state index contributed by atoms with van der Waals surface area (Å²) in [5, 5.41) is 17.5. The van der Waals surface area contributed by atoms with Gasteiger partial charge in [-0.1, -0.05) is 18.2 Å². The first-order chi connectivity index (χ1) is 11.5. The van der Waals surface area contributed by atoms with E-state index < -0.39 is 4.92 Å². The molecule has 2 N–H and O–H groups in total. The van der Waals surface area contributed by atoms with Crippen molar-refractivity contribution in [2.24, 2.45) is 0 Å². The van der Waals surface area contributed by atoms with Gasteiger partial charge in [0.2, 0.25) is 0 Å². The van der Waals surface area contributed by atoms with Crippen molar-refractivity contribution in [1.29, 1.82) is 0 Å². The summed E-state index contributed by atoms with van der Waals surface area (Å²) in [6.45, 7) is 1.43. The molecule has 0 saturated heterocycles. The first kappa shape index (κ1) is 17.4. The van der Waals surface area contributed by atoms with E-state index in [0.29, 0.717) is 12.1 Å². The molecule has 1 amide bonds. The molecule has 2 aromatic carbocycles. The molecule has 7 nitrogen and oxygen atoms in total. The highest BCUT2D eigenvalue weighted by molar-refractivity contribution is 6.07. The number of amides is 1. The summed E-state index contributed by atoms with van der Waals surface area (Å²) in [6.07, 6.45) is 0. The van der Waals surface area contributed by atoms with Crippen LogP contribution in [0.15, 0.2) is 48.5 Å². The zero-order chi connectivity index (χ0) is 17.5. The lowest BCUT2D eigenvalue weighted by Crippen LogP contribution is -2.27. The number of carbonyl (C=O) groups excluding carboxylic acids is 1. The molecule has 126 valence electrons. The molecule has 0 aliphatic rings. The number of rotatable bonds is 7. The van der Waals surface area contributed by atoms with Gasteiger partial charge in [-0.25, -0.2) is 0 Å². The maximum absolute atomic E-state index is 12.6. The van der Waals surface area contributed by atoms with Crippen LogP contribution in [-0.4, -0.2) is 38.0 Å². The number of carbonyl (C=O) groups is 1. The van der Waals surface area contributed by atoms with E-state index in [2.05, 4.69) is 10.6 Å². The van der Waals surface area contributed by atoms with Crippen molar-refractivity contribution < 1.29 is 9.72 Å². The molecule has 0 saturated carbocycles. The summed E-state index contributed by atoms with van der Waals surface area (Å²) in [7, 11) is 3.38. The molecule has 2 aromatic rings. The van der Waals surface area contributed by atoms with E-state index in [1.54, 1.807) is 36.4 Å². The predicted molar refractivity (Wildman–Crippen MR) is 94.7 cm³/mol. The first-order valence-electron chi connectivity index (χ1n) is 7.54. The summed E-state index contributed by atoms with van der Waals surface area (Å²) in [4.78, 5) is 24.7. The Morgan fingerprint density at radius 1 is 1.17 bits per heavy atom. The summed E-state index contributed by atoms with van der Waals surface area (Å²) in [6, 6.07) is 13.3. The topological polar surface area (TPSA) is 87.5 Å². The van der Waals surface area contributed by atoms with Crippen LogP contribution >= 0.6 is 0 Å². The highest BCUT2D eigenvalue weighted by Crippen LogP contribution is 2.31. The summed E-state index contributed by atoms with van der Waals surface area (Å²) in [5.41, 5.74) is 1.34. The molecule has 0 fully saturated rings. The van der Waals surface area contributed by atoms with Crippen LogP contribution in [0.25, 0.3) is 0 Å². The molecule has 0 aromatic heterocycles. The predicted octanol–water partition coefficient (Wildman–Crippen LogP) is 2.50. The average molecular weight is 328 g/mol. The summed E-state index contributed by atoms with van der Waals surface area (Å²) >= 11 is 0. The second-order valence-corrected chi connectivity index (χ2v) is 5.22. The Labute approximate surface area is 140 Å². The molecule has 0 heterocycles. The van der Waals surface area contributed by atoms with E-state index in [4.69, 9.17) is 0 Å². The van der Waals surface area contributed by atoms with Crippen LogP contribution in [0.5, 0.6) is 0 Å². The quantitative estimate of drug-likeness (QED) is 0.463. The largest absolute Gasteiger partial charge is 0.384 e. The van der Waals surface area contributed by atoms with Crippen LogP contribution < -0.4 is 15.5 Å². The lowest BCUT2D eigenvalue weighted by Gasteiger charge is -2.18. The third kappa shape index (κ3) is 4.08. The molecular formula is C17H20N4O3. The Morgan fingerprint density at radius 2 is 1.88 bits per heavy atom. The van der Waals surface area contributed by atoms with Gasteiger partial charge in [0.25, 0.3) is 11.6 Å². The molecule has 0 bridgehead atoms. The molecular weight excluding hydrogens is 308 g/mol. The number of likely N-dealkylation sites (N-methyl/N-ethyl adjacent to an activating group) is 1. The van der Waals surface area contributed by atoms with Crippen molar-refractivity contribution in [2.75, 3.05) is 37.4 Å². The van der Waals surface area contributed by atoms with E-state index in [9.17, 15) is 14.9 Å². The third-order valence-electron chi connectivity index (χ3n) is 3.56. The smallest absolute Gasteiger partial charge is 0.293 e. The fraction of sp³-hybridized carbons (Fsp3) is 0.235. The maximum Gasteiger partial charge on any atom is 0.293 e. The highest BCUT2D eigenvalue weighted by Gasteiger charge is 2.22. The van der Waals surface area contributed by atoms with E-state index in [1.807, 2.05) is 13.1 Å². The number of benzene rings is 2. The van der Waals surface area contributed by atoms with Crippen LogP contribution in [0, 0.1) is 10.1 Å². The van der Waals surface area contributed by atoms with Crippen molar-refractivity contribution >= 4 is 23.0 Å². The molecule has 2 rings (SSSR count). The summed E-state index contributed by atoms with van der Waals surface area (Å²) < 4.78 is 0. The van der Waals surface area contributed by atoms with Crippen LogP contribution in [0.1, 0.15) is 10.4 Å². The van der Waals surface area contributed by atoms with Gasteiger partial charge in [0.05, 0.1) is 4.92 Å². The SMILES string of the molecule is CNCCNc1ccc([N+](=O)[O-])c(N(C)C(=O)c2ccccc2)c1. The lowest BCUT2D eigenvalue weighted by atomic mass is 10.1. The Kier molecular flexibility index (Phi) is 5.86. The molecule has 0 atom stereocenters. The molecule has 7 heteroatoms. The number of nitro benzene ring substituents is 1. The van der Waals surface area contributed by atoms with Crippen molar-refractivity contribution in [3.8, 4) is 0 Å². The van der Waals surface area contributed by atoms with Gasteiger partial charge in [-0.3, -0.25) is 14.9 Å². The average Bonchev–Trinajstić information content (AvgIpc) is 2.61. The van der Waals surface area contributed by atoms with Gasteiger partial charge in [0.15, 0.2) is 0 Å². The van der Waals surface area contributed by atoms with E-state index in [0.717, 1.165) is 12.2 Å². The van der Waals surface area contributed by atoms with Crippen molar-refractivity contribution in [3.05, 3.63) is 64.2 Å². The third-order valence-corrected chi connectivity index (χ3v) is 3.56. The number of anilines is 2. The van der Waals surface area contributed by atoms with Crippen molar-refractivity contribution in [1.82, 2.24) is 5.32 Å². The molecule has 0 unspecified atom stereocenters. The number of hydrogen-bond acceptors (Lipinski definition) is 5. The monoisotopic (exact) mass is 328 g/mol. The van der Waals surface area contributed by atoms with Crippen LogP contribution in [0.2, 0.25) is 0 Å². The standard InChI is InChI=1S/C17H20N4O3/c1-18-10-11-19-14-8-9-15(21(23)24)16(12-14)20(2)17(22)13-6-4-3-5-7-13/h3-9,12,18-19H,10-11H2,1-2H3. The zero-order valence-electron chi connectivity index (χ0n) is 13.7. The molecule has 0 spiro atoms. The van der Waals surface area contributed by atoms with E-state index in [1.165, 1.54) is 18.0 Å². The minimum atomic E-state index is -0.485. The van der Waals surface area contributed by atoms with Gasteiger partial charge in [-0.15, -0.1) is 0 Å². The van der Waals surface area contributed by atoms with Gasteiger partial charge < -0.3 is 15.5 Å². The Bertz CT molecular complexity index is 719. The summed E-state index contributed by atoms with van der Waals surface area (Å²) in [5.74, 6) is -0.300. The molecule has 0 radical (unpaired) electrons. The normalized spacial score (nSPS) is 10.2. The fourth-order valence-corrected chi connectivity index (χ4v) is 2.27. The molecule has 0 aliphatic carbocycles. The Hall–Kier alpha value is -2.93. The Morgan fingerprint density at radius 3 is 2.50 bits per heavy atom. The second kappa shape index (κ2) is 8.07. The van der Waals surface area contributed by atoms with Crippen molar-refractivity contribution in [2.45, 2.75) is 0 Å². The van der Waals surface area contributed by atoms with Gasteiger partial charge in [0.1, 0.15) is 5.69 Å². The first-order valence-corrected chi connectivity index (χ1v) is 7.54. The van der Waals surface area contributed by atoms with Gasteiger partial charge >= 0.3 is 0 Å². The van der Waals surface area contributed by atoms with E-state index in [-0.39, 0.29) is 17.3 Å². The van der Waals surface area contributed by atoms with Gasteiger partial charge in [-0.2, -0.15) is 0 Å². The van der Waals surface area contributed by atoms with Crippen LogP contribution in [0.4, 0.5) is 17.1 Å². The minimum absolute atomic E-state index is 0.110. The number of hydrogen-bond donors (Lipinski definition) is 2. The molecule has 24 heavy (non-hydrogen) atoms. The number of nitrogens with one attached hydrogen (secondary N) is 2. The minimum Gasteiger partial charge on any atom is -0.384 e. The zero-order valence-corrected chi connectivity index (χ0v) is 13.7. The van der Waals surface area contributed by atoms with Crippen LogP contribution in [-0.2, 0) is 0 Å². The van der Waals surface area contributed by atoms with Gasteiger partial charge in [-0.05, 0) is 31.3 Å². The second-order valence-electron chi connectivity index (χ2n) is 5.22. The Balaban J connectivity index is 2.32. The lowest BCUT2D eigenvalue weighted by molar-refractivity contribution is -0.384. The van der Waals surface area contributed by atoms with Gasteiger partial charge in [0, 0.05) is 37.5 Å². The highest BCUT2D eigenvalue weighted by atomic mass is 16.6.